The molecule has 0 saturated carbocycles. The van der Waals surface area contributed by atoms with Gasteiger partial charge in [-0.15, -0.1) is 0 Å². The Morgan fingerprint density at radius 2 is 2.08 bits per heavy atom. The van der Waals surface area contributed by atoms with Gasteiger partial charge in [-0.2, -0.15) is 19.0 Å². The number of rotatable bonds is 9. The van der Waals surface area contributed by atoms with Crippen molar-refractivity contribution >= 4 is 27.3 Å². The molecule has 3 heterocycles. The molecule has 15 heteroatoms. The Hall–Kier alpha value is -3.95. The summed E-state index contributed by atoms with van der Waals surface area (Å²) in [4.78, 5) is 16.8. The number of anilines is 1. The van der Waals surface area contributed by atoms with Crippen LogP contribution in [0.5, 0.6) is 5.75 Å². The SMILES string of the molecule is C[C@H](O)CNS(=O)(=O)c1ccc(OC(F)F)c(-c2nn(C)cc2NC(=O)c2cnn3cccnc23)c1. The summed E-state index contributed by atoms with van der Waals surface area (Å²) >= 11 is 0. The number of aryl methyl sites for hydroxylation is 1. The number of nitrogens with one attached hydrogen (secondary N) is 2. The first-order chi connectivity index (χ1) is 17.0. The summed E-state index contributed by atoms with van der Waals surface area (Å²) in [7, 11) is -2.58. The number of carbonyl (C=O) groups is 1. The third kappa shape index (κ3) is 5.32. The number of hydrogen-bond acceptors (Lipinski definition) is 8. The average molecular weight is 522 g/mol. The Morgan fingerprint density at radius 3 is 2.81 bits per heavy atom. The van der Waals surface area contributed by atoms with Crippen molar-refractivity contribution in [1.82, 2.24) is 29.1 Å². The fourth-order valence-electron chi connectivity index (χ4n) is 3.33. The van der Waals surface area contributed by atoms with Crippen molar-refractivity contribution in [3.8, 4) is 17.0 Å². The number of nitrogens with zero attached hydrogens (tertiary/aromatic N) is 5. The summed E-state index contributed by atoms with van der Waals surface area (Å²) in [6, 6.07) is 4.88. The van der Waals surface area contributed by atoms with Crippen LogP contribution in [-0.4, -0.2) is 63.1 Å². The van der Waals surface area contributed by atoms with Crippen LogP contribution in [0.4, 0.5) is 14.5 Å². The maximum Gasteiger partial charge on any atom is 0.387 e. The van der Waals surface area contributed by atoms with E-state index >= 15 is 0 Å². The number of ether oxygens (including phenoxy) is 1. The number of aliphatic hydroxyl groups excluding tert-OH is 1. The molecule has 12 nitrogen and oxygen atoms in total. The molecule has 1 aromatic carbocycles. The standard InChI is InChI=1S/C21H21F2N7O5S/c1-12(31)9-26-36(33,34)13-4-5-17(35-21(22)23)14(8-13)18-16(11-29(2)28-18)27-20(32)15-10-25-30-7-3-6-24-19(15)30/h3-8,10-12,21,26,31H,9H2,1-2H3,(H,27,32)/t12-/m0/s1. The van der Waals surface area contributed by atoms with Crippen molar-refractivity contribution < 1.29 is 31.8 Å². The number of hydrogen-bond donors (Lipinski definition) is 3. The molecule has 0 fully saturated rings. The summed E-state index contributed by atoms with van der Waals surface area (Å²) in [5, 5.41) is 20.3. The predicted octanol–water partition coefficient (Wildman–Crippen LogP) is 1.64. The second kappa shape index (κ2) is 9.96. The number of benzene rings is 1. The molecule has 0 aliphatic rings. The zero-order valence-electron chi connectivity index (χ0n) is 19.0. The summed E-state index contributed by atoms with van der Waals surface area (Å²) in [6.45, 7) is -2.06. The van der Waals surface area contributed by atoms with Crippen LogP contribution in [0.3, 0.4) is 0 Å². The quantitative estimate of drug-likeness (QED) is 0.301. The number of fused-ring (bicyclic) bond motifs is 1. The van der Waals surface area contributed by atoms with Gasteiger partial charge in [-0.3, -0.25) is 9.48 Å². The summed E-state index contributed by atoms with van der Waals surface area (Å²) in [5.74, 6) is -0.956. The molecule has 4 rings (SSSR count). The zero-order valence-corrected chi connectivity index (χ0v) is 19.8. The number of sulfonamides is 1. The van der Waals surface area contributed by atoms with Crippen molar-refractivity contribution in [3.05, 3.63) is 54.6 Å². The van der Waals surface area contributed by atoms with Crippen molar-refractivity contribution in [2.45, 2.75) is 24.5 Å². The topological polar surface area (TPSA) is 153 Å². The molecule has 0 bridgehead atoms. The van der Waals surface area contributed by atoms with E-state index in [0.29, 0.717) is 5.65 Å². The fraction of sp³-hybridized carbons (Fsp3) is 0.238. The number of aliphatic hydroxyl groups is 1. The first-order valence-electron chi connectivity index (χ1n) is 10.5. The highest BCUT2D eigenvalue weighted by molar-refractivity contribution is 7.89. The van der Waals surface area contributed by atoms with Gasteiger partial charge in [-0.05, 0) is 31.2 Å². The highest BCUT2D eigenvalue weighted by atomic mass is 32.2. The molecule has 190 valence electrons. The van der Waals surface area contributed by atoms with Crippen LogP contribution in [0.25, 0.3) is 16.9 Å². The van der Waals surface area contributed by atoms with Gasteiger partial charge in [-0.25, -0.2) is 22.6 Å². The fourth-order valence-corrected chi connectivity index (χ4v) is 4.48. The molecule has 0 radical (unpaired) electrons. The summed E-state index contributed by atoms with van der Waals surface area (Å²) in [6.07, 6.45) is 4.90. The largest absolute Gasteiger partial charge is 0.434 e. The lowest BCUT2D eigenvalue weighted by Crippen LogP contribution is -2.30. The summed E-state index contributed by atoms with van der Waals surface area (Å²) < 4.78 is 61.1. The Kier molecular flexibility index (Phi) is 6.96. The first-order valence-corrected chi connectivity index (χ1v) is 11.9. The minimum atomic E-state index is -4.11. The molecule has 3 N–H and O–H groups in total. The third-order valence-corrected chi connectivity index (χ3v) is 6.32. The zero-order chi connectivity index (χ0) is 26.0. The van der Waals surface area contributed by atoms with Gasteiger partial charge in [0.15, 0.2) is 5.65 Å². The Morgan fingerprint density at radius 1 is 1.31 bits per heavy atom. The normalized spacial score (nSPS) is 12.7. The van der Waals surface area contributed by atoms with Crippen LogP contribution in [0, 0.1) is 0 Å². The third-order valence-electron chi connectivity index (χ3n) is 4.90. The lowest BCUT2D eigenvalue weighted by molar-refractivity contribution is -0.0494. The Balaban J connectivity index is 1.75. The second-order valence-electron chi connectivity index (χ2n) is 7.70. The predicted molar refractivity (Wildman–Crippen MR) is 123 cm³/mol. The maximum atomic E-state index is 13.1. The van der Waals surface area contributed by atoms with Crippen LogP contribution in [0.15, 0.2) is 53.9 Å². The summed E-state index contributed by atoms with van der Waals surface area (Å²) in [5.41, 5.74) is 0.415. The molecule has 3 aromatic heterocycles. The minimum absolute atomic E-state index is 0.0153. The van der Waals surface area contributed by atoms with Gasteiger partial charge >= 0.3 is 6.61 Å². The molecule has 0 unspecified atom stereocenters. The van der Waals surface area contributed by atoms with Crippen LogP contribution >= 0.6 is 0 Å². The molecule has 4 aromatic rings. The van der Waals surface area contributed by atoms with Crippen molar-refractivity contribution in [3.63, 3.8) is 0 Å². The van der Waals surface area contributed by atoms with E-state index in [1.807, 2.05) is 0 Å². The maximum absolute atomic E-state index is 13.1. The first kappa shape index (κ1) is 25.2. The van der Waals surface area contributed by atoms with Gasteiger partial charge in [0.2, 0.25) is 10.0 Å². The van der Waals surface area contributed by atoms with E-state index in [2.05, 4.69) is 30.0 Å². The number of carbonyl (C=O) groups excluding carboxylic acids is 1. The number of aromatic nitrogens is 5. The van der Waals surface area contributed by atoms with Gasteiger partial charge < -0.3 is 15.2 Å². The van der Waals surface area contributed by atoms with Crippen LogP contribution < -0.4 is 14.8 Å². The van der Waals surface area contributed by atoms with E-state index in [-0.39, 0.29) is 39.7 Å². The van der Waals surface area contributed by atoms with Crippen molar-refractivity contribution in [1.29, 1.82) is 0 Å². The van der Waals surface area contributed by atoms with Crippen molar-refractivity contribution in [2.75, 3.05) is 11.9 Å². The molecule has 1 amide bonds. The van der Waals surface area contributed by atoms with Gasteiger partial charge in [0, 0.05) is 37.7 Å². The molecular weight excluding hydrogens is 500 g/mol. The van der Waals surface area contributed by atoms with Gasteiger partial charge in [-0.1, -0.05) is 0 Å². The van der Waals surface area contributed by atoms with Crippen LogP contribution in [-0.2, 0) is 17.1 Å². The molecule has 0 saturated heterocycles. The average Bonchev–Trinajstić information content (AvgIpc) is 3.41. The molecule has 1 atom stereocenters. The molecule has 0 spiro atoms. The van der Waals surface area contributed by atoms with Gasteiger partial charge in [0.05, 0.1) is 22.9 Å². The molecular formula is C21H21F2N7O5S. The van der Waals surface area contributed by atoms with E-state index in [1.165, 1.54) is 41.8 Å². The van der Waals surface area contributed by atoms with E-state index in [4.69, 9.17) is 0 Å². The number of halogens is 2. The van der Waals surface area contributed by atoms with Crippen molar-refractivity contribution in [2.24, 2.45) is 7.05 Å². The molecule has 0 aliphatic carbocycles. The highest BCUT2D eigenvalue weighted by Crippen LogP contribution is 2.37. The number of alkyl halides is 2. The lowest BCUT2D eigenvalue weighted by atomic mass is 10.1. The van der Waals surface area contributed by atoms with E-state index in [9.17, 15) is 27.1 Å². The molecule has 0 aliphatic heterocycles. The van der Waals surface area contributed by atoms with Crippen LogP contribution in [0.2, 0.25) is 0 Å². The van der Waals surface area contributed by atoms with E-state index in [0.717, 1.165) is 18.2 Å². The molecule has 36 heavy (non-hydrogen) atoms. The second-order valence-corrected chi connectivity index (χ2v) is 9.47. The monoisotopic (exact) mass is 521 g/mol. The van der Waals surface area contributed by atoms with Gasteiger partial charge in [0.25, 0.3) is 5.91 Å². The van der Waals surface area contributed by atoms with E-state index in [1.54, 1.807) is 12.3 Å². The minimum Gasteiger partial charge on any atom is -0.434 e. The number of amides is 1. The smallest absolute Gasteiger partial charge is 0.387 e. The van der Waals surface area contributed by atoms with Crippen LogP contribution in [0.1, 0.15) is 17.3 Å². The van der Waals surface area contributed by atoms with E-state index < -0.39 is 28.6 Å². The highest BCUT2D eigenvalue weighted by Gasteiger charge is 2.24. The van der Waals surface area contributed by atoms with Gasteiger partial charge in [0.1, 0.15) is 17.0 Å². The lowest BCUT2D eigenvalue weighted by Gasteiger charge is -2.14. The Labute approximate surface area is 203 Å². The Bertz CT molecular complexity index is 1520.